The van der Waals surface area contributed by atoms with E-state index in [0.717, 1.165) is 5.56 Å². The van der Waals surface area contributed by atoms with Gasteiger partial charge in [-0.05, 0) is 24.1 Å². The van der Waals surface area contributed by atoms with Crippen molar-refractivity contribution >= 4 is 5.91 Å². The summed E-state index contributed by atoms with van der Waals surface area (Å²) in [6, 6.07) is 3.65. The number of hydrogen-bond acceptors (Lipinski definition) is 5. The van der Waals surface area contributed by atoms with Gasteiger partial charge in [-0.3, -0.25) is 4.79 Å². The summed E-state index contributed by atoms with van der Waals surface area (Å²) in [6.07, 6.45) is 0.507. The van der Waals surface area contributed by atoms with E-state index < -0.39 is 0 Å². The van der Waals surface area contributed by atoms with Gasteiger partial charge in [-0.2, -0.15) is 0 Å². The fourth-order valence-corrected chi connectivity index (χ4v) is 2.02. The average Bonchev–Trinajstić information content (AvgIpc) is 2.50. The first kappa shape index (κ1) is 16.1. The van der Waals surface area contributed by atoms with Crippen LogP contribution in [0.4, 0.5) is 0 Å². The van der Waals surface area contributed by atoms with E-state index in [1.807, 2.05) is 12.1 Å². The third kappa shape index (κ3) is 3.54. The fourth-order valence-electron chi connectivity index (χ4n) is 2.02. The van der Waals surface area contributed by atoms with Gasteiger partial charge in [0.25, 0.3) is 0 Å². The standard InChI is InChI=1S/C14H22N2O4/c1-16-14(17)10(8-15)5-9-6-11(18-2)13(20-4)12(7-9)19-3/h6-7,10H,5,8,15H2,1-4H3,(H,16,17). The molecule has 0 saturated carbocycles. The zero-order valence-electron chi connectivity index (χ0n) is 12.4. The Hall–Kier alpha value is -1.95. The maximum atomic E-state index is 11.7. The molecule has 112 valence electrons. The first-order valence-electron chi connectivity index (χ1n) is 6.31. The Labute approximate surface area is 119 Å². The van der Waals surface area contributed by atoms with Crippen molar-refractivity contribution in [2.45, 2.75) is 6.42 Å². The second-order valence-corrected chi connectivity index (χ2v) is 4.28. The Bertz CT molecular complexity index is 437. The molecule has 0 fully saturated rings. The number of nitrogens with two attached hydrogens (primary N) is 1. The predicted octanol–water partition coefficient (Wildman–Crippen LogP) is 0.576. The normalized spacial score (nSPS) is 11.7. The number of methoxy groups -OCH3 is 3. The van der Waals surface area contributed by atoms with Crippen LogP contribution in [-0.2, 0) is 11.2 Å². The maximum absolute atomic E-state index is 11.7. The van der Waals surface area contributed by atoms with E-state index >= 15 is 0 Å². The van der Waals surface area contributed by atoms with Crippen LogP contribution in [0, 0.1) is 5.92 Å². The minimum atomic E-state index is -0.289. The molecule has 1 atom stereocenters. The molecule has 1 rings (SSSR count). The number of benzene rings is 1. The minimum absolute atomic E-state index is 0.0822. The highest BCUT2D eigenvalue weighted by atomic mass is 16.5. The van der Waals surface area contributed by atoms with Gasteiger partial charge >= 0.3 is 0 Å². The van der Waals surface area contributed by atoms with Crippen LogP contribution in [0.3, 0.4) is 0 Å². The molecule has 1 aromatic carbocycles. The molecule has 0 heterocycles. The Morgan fingerprint density at radius 3 is 2.10 bits per heavy atom. The van der Waals surface area contributed by atoms with Gasteiger partial charge < -0.3 is 25.3 Å². The minimum Gasteiger partial charge on any atom is -0.493 e. The molecule has 0 aliphatic rings. The molecule has 20 heavy (non-hydrogen) atoms. The summed E-state index contributed by atoms with van der Waals surface area (Å²) >= 11 is 0. The van der Waals surface area contributed by atoms with Gasteiger partial charge in [-0.25, -0.2) is 0 Å². The fraction of sp³-hybridized carbons (Fsp3) is 0.500. The van der Waals surface area contributed by atoms with Gasteiger partial charge in [0.1, 0.15) is 0 Å². The number of hydrogen-bond donors (Lipinski definition) is 2. The molecule has 0 spiro atoms. The Balaban J connectivity index is 3.09. The van der Waals surface area contributed by atoms with Crippen LogP contribution in [0.1, 0.15) is 5.56 Å². The van der Waals surface area contributed by atoms with Crippen LogP contribution in [0.25, 0.3) is 0 Å². The molecule has 3 N–H and O–H groups in total. The summed E-state index contributed by atoms with van der Waals surface area (Å²) in [5.41, 5.74) is 6.55. The molecule has 1 amide bonds. The summed E-state index contributed by atoms with van der Waals surface area (Å²) in [6.45, 7) is 0.274. The van der Waals surface area contributed by atoms with E-state index in [0.29, 0.717) is 23.7 Å². The summed E-state index contributed by atoms with van der Waals surface area (Å²) < 4.78 is 15.8. The number of carbonyl (C=O) groups is 1. The van der Waals surface area contributed by atoms with E-state index in [9.17, 15) is 4.79 Å². The molecule has 6 nitrogen and oxygen atoms in total. The monoisotopic (exact) mass is 282 g/mol. The summed E-state index contributed by atoms with van der Waals surface area (Å²) in [5, 5.41) is 2.61. The molecule has 0 aromatic heterocycles. The lowest BCUT2D eigenvalue weighted by Gasteiger charge is -2.17. The molecular weight excluding hydrogens is 260 g/mol. The molecule has 0 radical (unpaired) electrons. The van der Waals surface area contributed by atoms with Gasteiger partial charge in [0.2, 0.25) is 11.7 Å². The second-order valence-electron chi connectivity index (χ2n) is 4.28. The van der Waals surface area contributed by atoms with Gasteiger partial charge in [0.05, 0.1) is 27.2 Å². The van der Waals surface area contributed by atoms with Crippen molar-refractivity contribution in [3.63, 3.8) is 0 Å². The number of carbonyl (C=O) groups excluding carboxylic acids is 1. The maximum Gasteiger partial charge on any atom is 0.224 e. The van der Waals surface area contributed by atoms with Crippen LogP contribution in [-0.4, -0.2) is 40.8 Å². The van der Waals surface area contributed by atoms with Gasteiger partial charge in [0, 0.05) is 13.6 Å². The van der Waals surface area contributed by atoms with Crippen molar-refractivity contribution < 1.29 is 19.0 Å². The number of amides is 1. The Kier molecular flexibility index (Phi) is 6.11. The molecule has 1 unspecified atom stereocenters. The number of nitrogens with one attached hydrogen (secondary N) is 1. The van der Waals surface area contributed by atoms with E-state index in [2.05, 4.69) is 5.32 Å². The molecule has 1 aromatic rings. The predicted molar refractivity (Wildman–Crippen MR) is 76.4 cm³/mol. The largest absolute Gasteiger partial charge is 0.493 e. The molecule has 0 saturated heterocycles. The molecule has 0 bridgehead atoms. The first-order valence-corrected chi connectivity index (χ1v) is 6.31. The van der Waals surface area contributed by atoms with Crippen LogP contribution in [0.15, 0.2) is 12.1 Å². The zero-order valence-corrected chi connectivity index (χ0v) is 12.4. The van der Waals surface area contributed by atoms with Crippen molar-refractivity contribution in [2.24, 2.45) is 11.7 Å². The topological polar surface area (TPSA) is 82.8 Å². The van der Waals surface area contributed by atoms with Gasteiger partial charge in [-0.1, -0.05) is 0 Å². The molecule has 0 aliphatic carbocycles. The second kappa shape index (κ2) is 7.59. The van der Waals surface area contributed by atoms with E-state index in [-0.39, 0.29) is 18.4 Å². The number of ether oxygens (including phenoxy) is 3. The third-order valence-electron chi connectivity index (χ3n) is 3.11. The van der Waals surface area contributed by atoms with Crippen LogP contribution in [0.5, 0.6) is 17.2 Å². The van der Waals surface area contributed by atoms with Crippen molar-refractivity contribution in [3.8, 4) is 17.2 Å². The zero-order chi connectivity index (χ0) is 15.1. The highest BCUT2D eigenvalue weighted by molar-refractivity contribution is 5.79. The van der Waals surface area contributed by atoms with E-state index in [4.69, 9.17) is 19.9 Å². The highest BCUT2D eigenvalue weighted by Crippen LogP contribution is 2.38. The highest BCUT2D eigenvalue weighted by Gasteiger charge is 2.19. The Morgan fingerprint density at radius 1 is 1.20 bits per heavy atom. The van der Waals surface area contributed by atoms with Crippen molar-refractivity contribution in [3.05, 3.63) is 17.7 Å². The smallest absolute Gasteiger partial charge is 0.224 e. The lowest BCUT2D eigenvalue weighted by Crippen LogP contribution is -2.34. The summed E-state index contributed by atoms with van der Waals surface area (Å²) in [7, 11) is 6.26. The van der Waals surface area contributed by atoms with E-state index in [1.165, 1.54) is 0 Å². The molecular formula is C14H22N2O4. The lowest BCUT2D eigenvalue weighted by atomic mass is 9.98. The van der Waals surface area contributed by atoms with Crippen LogP contribution >= 0.6 is 0 Å². The van der Waals surface area contributed by atoms with E-state index in [1.54, 1.807) is 28.4 Å². The average molecular weight is 282 g/mol. The summed E-state index contributed by atoms with van der Waals surface area (Å²) in [5.74, 6) is 1.29. The van der Waals surface area contributed by atoms with Crippen LogP contribution in [0.2, 0.25) is 0 Å². The van der Waals surface area contributed by atoms with Crippen molar-refractivity contribution in [1.82, 2.24) is 5.32 Å². The van der Waals surface area contributed by atoms with Crippen LogP contribution < -0.4 is 25.3 Å². The third-order valence-corrected chi connectivity index (χ3v) is 3.11. The van der Waals surface area contributed by atoms with Gasteiger partial charge in [-0.15, -0.1) is 0 Å². The SMILES string of the molecule is CNC(=O)C(CN)Cc1cc(OC)c(OC)c(OC)c1. The number of rotatable bonds is 7. The van der Waals surface area contributed by atoms with Gasteiger partial charge in [0.15, 0.2) is 11.5 Å². The summed E-state index contributed by atoms with van der Waals surface area (Å²) in [4.78, 5) is 11.7. The molecule has 0 aliphatic heterocycles. The lowest BCUT2D eigenvalue weighted by molar-refractivity contribution is -0.124. The molecule has 6 heteroatoms. The quantitative estimate of drug-likeness (QED) is 0.764. The van der Waals surface area contributed by atoms with Crippen molar-refractivity contribution in [2.75, 3.05) is 34.9 Å². The Morgan fingerprint density at radius 2 is 1.75 bits per heavy atom. The van der Waals surface area contributed by atoms with Crippen molar-refractivity contribution in [1.29, 1.82) is 0 Å². The first-order chi connectivity index (χ1) is 9.60.